The molecular formula is C22H29ClNO6PS. The summed E-state index contributed by atoms with van der Waals surface area (Å²) in [5.74, 6) is 0.816. The zero-order valence-corrected chi connectivity index (χ0v) is 20.2. The number of phosphoric acid groups is 1. The first-order valence-corrected chi connectivity index (χ1v) is 13.2. The number of aliphatic hydroxyl groups excluding tert-OH is 1. The van der Waals surface area contributed by atoms with Crippen molar-refractivity contribution < 1.29 is 29.1 Å². The van der Waals surface area contributed by atoms with Crippen LogP contribution in [-0.2, 0) is 15.5 Å². The molecule has 0 radical (unpaired) electrons. The van der Waals surface area contributed by atoms with Gasteiger partial charge in [-0.25, -0.2) is 4.57 Å². The number of hydrogen-bond donors (Lipinski definition) is 5. The molecule has 2 aromatic rings. The molecule has 0 amide bonds. The lowest BCUT2D eigenvalue weighted by Crippen LogP contribution is -2.54. The normalized spacial score (nSPS) is 17.2. The van der Waals surface area contributed by atoms with Gasteiger partial charge in [-0.05, 0) is 73.4 Å². The Morgan fingerprint density at radius 3 is 2.59 bits per heavy atom. The molecule has 32 heavy (non-hydrogen) atoms. The third kappa shape index (κ3) is 6.95. The molecule has 6 N–H and O–H groups in total. The molecule has 1 fully saturated rings. The van der Waals surface area contributed by atoms with Crippen LogP contribution in [0.5, 0.6) is 5.75 Å². The van der Waals surface area contributed by atoms with E-state index in [0.717, 1.165) is 15.4 Å². The molecule has 1 unspecified atom stereocenters. The number of phosphoric ester groups is 1. The van der Waals surface area contributed by atoms with Crippen molar-refractivity contribution in [3.63, 3.8) is 0 Å². The average molecular weight is 502 g/mol. The van der Waals surface area contributed by atoms with Gasteiger partial charge in [0.05, 0.1) is 23.1 Å². The summed E-state index contributed by atoms with van der Waals surface area (Å²) in [5.41, 5.74) is 6.95. The number of phenols is 1. The van der Waals surface area contributed by atoms with Crippen LogP contribution in [-0.4, -0.2) is 38.2 Å². The molecule has 0 aromatic heterocycles. The molecular weight excluding hydrogens is 473 g/mol. The number of aromatic hydroxyl groups is 1. The zero-order valence-electron chi connectivity index (χ0n) is 17.8. The highest BCUT2D eigenvalue weighted by Crippen LogP contribution is 2.44. The fourth-order valence-corrected chi connectivity index (χ4v) is 5.20. The Morgan fingerprint density at radius 1 is 1.28 bits per heavy atom. The molecule has 0 saturated heterocycles. The molecule has 7 nitrogen and oxygen atoms in total. The highest BCUT2D eigenvalue weighted by atomic mass is 35.5. The summed E-state index contributed by atoms with van der Waals surface area (Å²) in [7, 11) is -4.71. The van der Waals surface area contributed by atoms with Crippen molar-refractivity contribution in [3.8, 4) is 5.75 Å². The van der Waals surface area contributed by atoms with E-state index in [-0.39, 0.29) is 12.2 Å². The van der Waals surface area contributed by atoms with E-state index in [0.29, 0.717) is 23.8 Å². The van der Waals surface area contributed by atoms with Gasteiger partial charge in [-0.2, -0.15) is 0 Å². The predicted octanol–water partition coefficient (Wildman–Crippen LogP) is 4.58. The Labute approximate surface area is 197 Å². The van der Waals surface area contributed by atoms with Crippen LogP contribution in [0.2, 0.25) is 5.02 Å². The minimum Gasteiger partial charge on any atom is -0.507 e. The quantitative estimate of drug-likeness (QED) is 0.282. The molecule has 2 aromatic carbocycles. The van der Waals surface area contributed by atoms with Gasteiger partial charge in [-0.1, -0.05) is 42.4 Å². The van der Waals surface area contributed by atoms with Crippen LogP contribution < -0.4 is 5.73 Å². The Morgan fingerprint density at radius 2 is 2.00 bits per heavy atom. The fraction of sp³-hybridized carbons (Fsp3) is 0.455. The van der Waals surface area contributed by atoms with Crippen molar-refractivity contribution in [2.24, 2.45) is 5.73 Å². The lowest BCUT2D eigenvalue weighted by molar-refractivity contribution is 0.0336. The molecule has 0 bridgehead atoms. The first kappa shape index (κ1) is 25.5. The van der Waals surface area contributed by atoms with Gasteiger partial charge in [0, 0.05) is 9.92 Å². The van der Waals surface area contributed by atoms with Gasteiger partial charge in [-0.15, -0.1) is 0 Å². The van der Waals surface area contributed by atoms with Crippen LogP contribution in [0.4, 0.5) is 0 Å². The second kappa shape index (κ2) is 10.5. The fourth-order valence-electron chi connectivity index (χ4n) is 3.52. The number of aliphatic hydroxyl groups is 1. The summed E-state index contributed by atoms with van der Waals surface area (Å²) in [4.78, 5) is 19.6. The number of nitrogens with two attached hydrogens (primary N) is 1. The summed E-state index contributed by atoms with van der Waals surface area (Å²) >= 11 is 7.92. The van der Waals surface area contributed by atoms with Crippen molar-refractivity contribution in [3.05, 3.63) is 52.5 Å². The first-order valence-electron chi connectivity index (χ1n) is 10.5. The van der Waals surface area contributed by atoms with Gasteiger partial charge < -0.3 is 25.7 Å². The molecule has 1 saturated carbocycles. The van der Waals surface area contributed by atoms with Crippen molar-refractivity contribution in [2.75, 3.05) is 6.61 Å². The van der Waals surface area contributed by atoms with E-state index in [1.54, 1.807) is 13.0 Å². The molecule has 10 heteroatoms. The lowest BCUT2D eigenvalue weighted by atomic mass is 9.86. The maximum Gasteiger partial charge on any atom is 0.469 e. The maximum absolute atomic E-state index is 11.1. The van der Waals surface area contributed by atoms with E-state index in [9.17, 15) is 14.8 Å². The Kier molecular flexibility index (Phi) is 8.34. The number of rotatable bonds is 11. The van der Waals surface area contributed by atoms with Crippen LogP contribution in [0.1, 0.15) is 49.7 Å². The van der Waals surface area contributed by atoms with E-state index in [1.165, 1.54) is 30.2 Å². The minimum atomic E-state index is -4.71. The third-order valence-corrected chi connectivity index (χ3v) is 7.55. The second-order valence-corrected chi connectivity index (χ2v) is 11.0. The number of aryl methyl sites for hydroxylation is 1. The smallest absolute Gasteiger partial charge is 0.469 e. The van der Waals surface area contributed by atoms with E-state index in [4.69, 9.17) is 27.1 Å². The van der Waals surface area contributed by atoms with Gasteiger partial charge >= 0.3 is 7.82 Å². The summed E-state index contributed by atoms with van der Waals surface area (Å²) < 4.78 is 15.7. The van der Waals surface area contributed by atoms with Gasteiger partial charge in [0.15, 0.2) is 0 Å². The SMILES string of the molecule is CC[C@@H](O)C(N)(CCc1ccc(Sc2cc(C3CC3)ccc2O)cc1Cl)COP(=O)(O)O. The molecule has 176 valence electrons. The number of halogens is 1. The topological polar surface area (TPSA) is 133 Å². The number of hydrogen-bond acceptors (Lipinski definition) is 6. The number of benzene rings is 2. The average Bonchev–Trinajstić information content (AvgIpc) is 3.57. The molecule has 0 aliphatic heterocycles. The van der Waals surface area contributed by atoms with Crippen LogP contribution in [0, 0.1) is 0 Å². The monoisotopic (exact) mass is 501 g/mol. The largest absolute Gasteiger partial charge is 0.507 e. The van der Waals surface area contributed by atoms with Crippen molar-refractivity contribution in [1.82, 2.24) is 0 Å². The molecule has 1 aliphatic rings. The highest BCUT2D eigenvalue weighted by molar-refractivity contribution is 7.99. The molecule has 0 heterocycles. The number of phenolic OH excluding ortho intramolecular Hbond substituents is 1. The van der Waals surface area contributed by atoms with Gasteiger partial charge in [0.2, 0.25) is 0 Å². The van der Waals surface area contributed by atoms with Crippen LogP contribution in [0.15, 0.2) is 46.2 Å². The Hall–Kier alpha value is -1.09. The first-order chi connectivity index (χ1) is 15.0. The molecule has 2 atom stereocenters. The standard InChI is InChI=1S/C22H29ClNO6PS/c1-2-21(26)22(24,13-30-31(27,28)29)10-9-15-5-7-17(12-18(15)23)32-20-11-16(14-3-4-14)6-8-19(20)25/h5-8,11-12,14,21,25-26H,2-4,9-10,13,24H2,1H3,(H2,27,28,29)/t21-,22?/m1/s1. The Balaban J connectivity index is 1.69. The maximum atomic E-state index is 11.1. The van der Waals surface area contributed by atoms with E-state index in [1.807, 2.05) is 30.3 Å². The van der Waals surface area contributed by atoms with Gasteiger partial charge in [-0.3, -0.25) is 4.52 Å². The lowest BCUT2D eigenvalue weighted by Gasteiger charge is -2.33. The van der Waals surface area contributed by atoms with Crippen molar-refractivity contribution in [2.45, 2.75) is 66.4 Å². The zero-order chi connectivity index (χ0) is 23.5. The van der Waals surface area contributed by atoms with Crippen LogP contribution in [0.3, 0.4) is 0 Å². The molecule has 1 aliphatic carbocycles. The van der Waals surface area contributed by atoms with Gasteiger partial charge in [0.25, 0.3) is 0 Å². The minimum absolute atomic E-state index is 0.221. The van der Waals surface area contributed by atoms with Gasteiger partial charge in [0.1, 0.15) is 5.75 Å². The van der Waals surface area contributed by atoms with Crippen molar-refractivity contribution >= 4 is 31.2 Å². The van der Waals surface area contributed by atoms with Crippen molar-refractivity contribution in [1.29, 1.82) is 0 Å². The Bertz CT molecular complexity index is 998. The van der Waals surface area contributed by atoms with E-state index < -0.39 is 26.1 Å². The van der Waals surface area contributed by atoms with Crippen LogP contribution >= 0.6 is 31.2 Å². The predicted molar refractivity (Wildman–Crippen MR) is 125 cm³/mol. The van der Waals surface area contributed by atoms with E-state index >= 15 is 0 Å². The summed E-state index contributed by atoms with van der Waals surface area (Å²) in [6.07, 6.45) is 2.30. The highest BCUT2D eigenvalue weighted by Gasteiger charge is 2.35. The summed E-state index contributed by atoms with van der Waals surface area (Å²) in [6, 6.07) is 11.3. The van der Waals surface area contributed by atoms with E-state index in [2.05, 4.69) is 4.52 Å². The molecule has 0 spiro atoms. The second-order valence-electron chi connectivity index (χ2n) is 8.28. The molecule has 3 rings (SSSR count). The summed E-state index contributed by atoms with van der Waals surface area (Å²) in [6.45, 7) is 1.25. The summed E-state index contributed by atoms with van der Waals surface area (Å²) in [5, 5.41) is 21.0. The van der Waals surface area contributed by atoms with Crippen LogP contribution in [0.25, 0.3) is 0 Å². The third-order valence-electron chi connectivity index (χ3n) is 5.70.